The van der Waals surface area contributed by atoms with Crippen molar-refractivity contribution < 1.29 is 14.3 Å². The van der Waals surface area contributed by atoms with Crippen molar-refractivity contribution in [2.75, 3.05) is 47.4 Å². The van der Waals surface area contributed by atoms with Crippen LogP contribution in [0.1, 0.15) is 37.3 Å². The number of methoxy groups -OCH3 is 2. The first kappa shape index (κ1) is 21.8. The molecule has 0 spiro atoms. The summed E-state index contributed by atoms with van der Waals surface area (Å²) in [4.78, 5) is 17.3. The van der Waals surface area contributed by atoms with Gasteiger partial charge in [0.2, 0.25) is 5.91 Å². The zero-order valence-corrected chi connectivity index (χ0v) is 17.4. The average Bonchev–Trinajstić information content (AvgIpc) is 3.17. The van der Waals surface area contributed by atoms with Crippen molar-refractivity contribution in [2.24, 2.45) is 0 Å². The van der Waals surface area contributed by atoms with Gasteiger partial charge in [-0.15, -0.1) is 12.4 Å². The van der Waals surface area contributed by atoms with Gasteiger partial charge in [-0.2, -0.15) is 0 Å². The molecule has 2 fully saturated rings. The van der Waals surface area contributed by atoms with E-state index in [4.69, 9.17) is 9.47 Å². The SMILES string of the molecule is CNC1CCCN(CC(=O)N2CCCC2c2ccc(OC)cc2OC)C1.Cl. The molecular weight excluding hydrogens is 366 g/mol. The molecule has 0 aromatic heterocycles. The summed E-state index contributed by atoms with van der Waals surface area (Å²) in [5.74, 6) is 1.79. The number of likely N-dealkylation sites (N-methyl/N-ethyl adjacent to an activating group) is 1. The molecule has 2 saturated heterocycles. The number of benzene rings is 1. The van der Waals surface area contributed by atoms with Crippen LogP contribution in [0.3, 0.4) is 0 Å². The number of hydrogen-bond donors (Lipinski definition) is 1. The summed E-state index contributed by atoms with van der Waals surface area (Å²) >= 11 is 0. The van der Waals surface area contributed by atoms with Gasteiger partial charge in [-0.3, -0.25) is 9.69 Å². The molecule has 2 aliphatic heterocycles. The lowest BCUT2D eigenvalue weighted by Gasteiger charge is -2.34. The summed E-state index contributed by atoms with van der Waals surface area (Å²) in [5.41, 5.74) is 1.07. The van der Waals surface area contributed by atoms with E-state index in [1.165, 1.54) is 6.42 Å². The van der Waals surface area contributed by atoms with Crippen LogP contribution < -0.4 is 14.8 Å². The van der Waals surface area contributed by atoms with Gasteiger partial charge in [0.15, 0.2) is 0 Å². The molecule has 1 amide bonds. The third-order valence-electron chi connectivity index (χ3n) is 5.65. The molecule has 2 heterocycles. The predicted molar refractivity (Wildman–Crippen MR) is 109 cm³/mol. The van der Waals surface area contributed by atoms with Crippen LogP contribution in [0.25, 0.3) is 0 Å². The molecule has 3 rings (SSSR count). The number of carbonyl (C=O) groups excluding carboxylic acids is 1. The summed E-state index contributed by atoms with van der Waals surface area (Å²) in [6.45, 7) is 3.29. The number of amides is 1. The van der Waals surface area contributed by atoms with Crippen LogP contribution in [0, 0.1) is 0 Å². The summed E-state index contributed by atoms with van der Waals surface area (Å²) in [6.07, 6.45) is 4.35. The highest BCUT2D eigenvalue weighted by Gasteiger charge is 2.33. The Bertz CT molecular complexity index is 628. The first-order valence-corrected chi connectivity index (χ1v) is 9.57. The van der Waals surface area contributed by atoms with Crippen molar-refractivity contribution in [2.45, 2.75) is 37.8 Å². The van der Waals surface area contributed by atoms with E-state index < -0.39 is 0 Å². The fourth-order valence-corrected chi connectivity index (χ4v) is 4.20. The van der Waals surface area contributed by atoms with Crippen LogP contribution in [0.2, 0.25) is 0 Å². The highest BCUT2D eigenvalue weighted by atomic mass is 35.5. The monoisotopic (exact) mass is 397 g/mol. The molecule has 1 N–H and O–H groups in total. The normalized spacial score (nSPS) is 23.0. The Kier molecular flexibility index (Phi) is 8.20. The first-order valence-electron chi connectivity index (χ1n) is 9.57. The van der Waals surface area contributed by atoms with E-state index in [2.05, 4.69) is 10.2 Å². The van der Waals surface area contributed by atoms with Gasteiger partial charge < -0.3 is 19.7 Å². The van der Waals surface area contributed by atoms with Crippen molar-refractivity contribution in [3.05, 3.63) is 23.8 Å². The molecule has 2 unspecified atom stereocenters. The van der Waals surface area contributed by atoms with E-state index in [-0.39, 0.29) is 24.4 Å². The van der Waals surface area contributed by atoms with E-state index >= 15 is 0 Å². The molecular formula is C20H32ClN3O3. The molecule has 7 heteroatoms. The predicted octanol–water partition coefficient (Wildman–Crippen LogP) is 2.47. The third-order valence-corrected chi connectivity index (χ3v) is 5.65. The highest BCUT2D eigenvalue weighted by Crippen LogP contribution is 2.38. The fourth-order valence-electron chi connectivity index (χ4n) is 4.20. The van der Waals surface area contributed by atoms with Crippen LogP contribution in [0.15, 0.2) is 18.2 Å². The Morgan fingerprint density at radius 2 is 1.96 bits per heavy atom. The van der Waals surface area contributed by atoms with Gasteiger partial charge >= 0.3 is 0 Å². The molecule has 0 aliphatic carbocycles. The number of nitrogens with one attached hydrogen (secondary N) is 1. The molecule has 2 atom stereocenters. The number of carbonyl (C=O) groups is 1. The molecule has 27 heavy (non-hydrogen) atoms. The molecule has 0 radical (unpaired) electrons. The lowest BCUT2D eigenvalue weighted by molar-refractivity contribution is -0.133. The molecule has 6 nitrogen and oxygen atoms in total. The minimum atomic E-state index is 0. The average molecular weight is 398 g/mol. The summed E-state index contributed by atoms with van der Waals surface area (Å²) in [6, 6.07) is 6.46. The Balaban J connectivity index is 0.00000261. The summed E-state index contributed by atoms with van der Waals surface area (Å²) in [5, 5.41) is 3.34. The van der Waals surface area contributed by atoms with E-state index in [1.807, 2.05) is 30.1 Å². The maximum atomic E-state index is 13.0. The largest absolute Gasteiger partial charge is 0.497 e. The van der Waals surface area contributed by atoms with Crippen LogP contribution in [0.5, 0.6) is 11.5 Å². The van der Waals surface area contributed by atoms with Gasteiger partial charge in [0, 0.05) is 30.8 Å². The second-order valence-electron chi connectivity index (χ2n) is 7.22. The van der Waals surface area contributed by atoms with Crippen molar-refractivity contribution >= 4 is 18.3 Å². The standard InChI is InChI=1S/C20H31N3O3.ClH/c1-21-15-6-4-10-22(13-15)14-20(24)23-11-5-7-18(23)17-9-8-16(25-2)12-19(17)26-3;/h8-9,12,15,18,21H,4-7,10-11,13-14H2,1-3H3;1H. The number of hydrogen-bond acceptors (Lipinski definition) is 5. The Labute approximate surface area is 168 Å². The second kappa shape index (κ2) is 10.2. The Morgan fingerprint density at radius 1 is 1.19 bits per heavy atom. The van der Waals surface area contributed by atoms with Crippen LogP contribution in [0.4, 0.5) is 0 Å². The van der Waals surface area contributed by atoms with E-state index in [0.717, 1.165) is 56.0 Å². The van der Waals surface area contributed by atoms with Crippen molar-refractivity contribution in [1.29, 1.82) is 0 Å². The highest BCUT2D eigenvalue weighted by molar-refractivity contribution is 5.85. The number of piperidine rings is 1. The maximum absolute atomic E-state index is 13.0. The molecule has 0 bridgehead atoms. The Morgan fingerprint density at radius 3 is 2.67 bits per heavy atom. The topological polar surface area (TPSA) is 54.0 Å². The number of halogens is 1. The molecule has 1 aromatic rings. The molecule has 0 saturated carbocycles. The van der Waals surface area contributed by atoms with Gasteiger partial charge in [-0.1, -0.05) is 0 Å². The number of ether oxygens (including phenoxy) is 2. The number of nitrogens with zero attached hydrogens (tertiary/aromatic N) is 2. The zero-order chi connectivity index (χ0) is 18.5. The molecule has 1 aromatic carbocycles. The lowest BCUT2D eigenvalue weighted by Crippen LogP contribution is -2.48. The van der Waals surface area contributed by atoms with E-state index in [1.54, 1.807) is 14.2 Å². The number of rotatable bonds is 6. The smallest absolute Gasteiger partial charge is 0.237 e. The van der Waals surface area contributed by atoms with Crippen LogP contribution in [-0.4, -0.2) is 69.2 Å². The first-order chi connectivity index (χ1) is 12.7. The lowest BCUT2D eigenvalue weighted by atomic mass is 10.0. The fraction of sp³-hybridized carbons (Fsp3) is 0.650. The minimum absolute atomic E-state index is 0. The van der Waals surface area contributed by atoms with Crippen LogP contribution >= 0.6 is 12.4 Å². The summed E-state index contributed by atoms with van der Waals surface area (Å²) < 4.78 is 10.9. The minimum Gasteiger partial charge on any atom is -0.497 e. The molecule has 152 valence electrons. The van der Waals surface area contributed by atoms with Gasteiger partial charge in [0.1, 0.15) is 11.5 Å². The van der Waals surface area contributed by atoms with Gasteiger partial charge in [-0.05, 0) is 51.4 Å². The van der Waals surface area contributed by atoms with Gasteiger partial charge in [-0.25, -0.2) is 0 Å². The van der Waals surface area contributed by atoms with E-state index in [0.29, 0.717) is 12.6 Å². The van der Waals surface area contributed by atoms with Crippen molar-refractivity contribution in [3.8, 4) is 11.5 Å². The van der Waals surface area contributed by atoms with Crippen molar-refractivity contribution in [3.63, 3.8) is 0 Å². The number of likely N-dealkylation sites (tertiary alicyclic amines) is 2. The maximum Gasteiger partial charge on any atom is 0.237 e. The van der Waals surface area contributed by atoms with Crippen LogP contribution in [-0.2, 0) is 4.79 Å². The third kappa shape index (κ3) is 5.06. The molecule has 2 aliphatic rings. The Hall–Kier alpha value is -1.50. The van der Waals surface area contributed by atoms with Gasteiger partial charge in [0.25, 0.3) is 0 Å². The second-order valence-corrected chi connectivity index (χ2v) is 7.22. The van der Waals surface area contributed by atoms with Gasteiger partial charge in [0.05, 0.1) is 26.8 Å². The van der Waals surface area contributed by atoms with E-state index in [9.17, 15) is 4.79 Å². The van der Waals surface area contributed by atoms with Crippen molar-refractivity contribution in [1.82, 2.24) is 15.1 Å². The quantitative estimate of drug-likeness (QED) is 0.799. The zero-order valence-electron chi connectivity index (χ0n) is 16.6. The summed E-state index contributed by atoms with van der Waals surface area (Å²) in [7, 11) is 5.32.